The summed E-state index contributed by atoms with van der Waals surface area (Å²) in [5, 5.41) is 5.81. The molecule has 0 radical (unpaired) electrons. The number of rotatable bonds is 3. The highest BCUT2D eigenvalue weighted by molar-refractivity contribution is 7.10. The highest BCUT2D eigenvalue weighted by Crippen LogP contribution is 2.23. The molecule has 0 spiro atoms. The first kappa shape index (κ1) is 8.27. The van der Waals surface area contributed by atoms with Gasteiger partial charge in [-0.1, -0.05) is 0 Å². The van der Waals surface area contributed by atoms with E-state index in [0.717, 1.165) is 12.6 Å². The Kier molecular flexibility index (Phi) is 2.20. The Morgan fingerprint density at radius 1 is 1.50 bits per heavy atom. The Balaban J connectivity index is 1.96. The SMILES string of the molecule is Cc1scc(CNC2CC2)c1C. The third-order valence-electron chi connectivity index (χ3n) is 2.55. The Hall–Kier alpha value is -0.340. The fourth-order valence-corrected chi connectivity index (χ4v) is 2.17. The van der Waals surface area contributed by atoms with Gasteiger partial charge >= 0.3 is 0 Å². The minimum absolute atomic E-state index is 0.824. The van der Waals surface area contributed by atoms with Gasteiger partial charge in [-0.3, -0.25) is 0 Å². The average Bonchev–Trinajstić information content (AvgIpc) is 2.82. The molecule has 1 aromatic heterocycles. The van der Waals surface area contributed by atoms with Gasteiger partial charge in [-0.05, 0) is 43.2 Å². The van der Waals surface area contributed by atoms with Gasteiger partial charge in [-0.15, -0.1) is 11.3 Å². The number of hydrogen-bond donors (Lipinski definition) is 1. The normalized spacial score (nSPS) is 16.8. The number of nitrogens with one attached hydrogen (secondary N) is 1. The minimum Gasteiger partial charge on any atom is -0.310 e. The van der Waals surface area contributed by atoms with Gasteiger partial charge < -0.3 is 5.32 Å². The molecule has 66 valence electrons. The molecule has 1 aromatic rings. The first-order valence-electron chi connectivity index (χ1n) is 4.54. The standard InChI is InChI=1S/C10H15NS/c1-7-8(2)12-6-9(7)5-11-10-3-4-10/h6,10-11H,3-5H2,1-2H3. The lowest BCUT2D eigenvalue weighted by atomic mass is 10.2. The molecule has 12 heavy (non-hydrogen) atoms. The maximum Gasteiger partial charge on any atom is 0.0219 e. The summed E-state index contributed by atoms with van der Waals surface area (Å²) in [6.45, 7) is 5.48. The molecule has 0 unspecified atom stereocenters. The first-order valence-corrected chi connectivity index (χ1v) is 5.42. The van der Waals surface area contributed by atoms with E-state index in [1.54, 1.807) is 0 Å². The molecular formula is C10H15NS. The summed E-state index contributed by atoms with van der Waals surface area (Å²) in [5.41, 5.74) is 2.97. The van der Waals surface area contributed by atoms with Gasteiger partial charge in [0.1, 0.15) is 0 Å². The zero-order valence-corrected chi connectivity index (χ0v) is 8.50. The third-order valence-corrected chi connectivity index (χ3v) is 3.61. The predicted octanol–water partition coefficient (Wildman–Crippen LogP) is 2.62. The summed E-state index contributed by atoms with van der Waals surface area (Å²) < 4.78 is 0. The Labute approximate surface area is 77.8 Å². The average molecular weight is 181 g/mol. The monoisotopic (exact) mass is 181 g/mol. The summed E-state index contributed by atoms with van der Waals surface area (Å²) in [6.07, 6.45) is 2.75. The van der Waals surface area contributed by atoms with Crippen LogP contribution in [0.25, 0.3) is 0 Å². The fourth-order valence-electron chi connectivity index (χ4n) is 1.28. The lowest BCUT2D eigenvalue weighted by Gasteiger charge is -2.01. The van der Waals surface area contributed by atoms with Crippen LogP contribution < -0.4 is 5.32 Å². The van der Waals surface area contributed by atoms with Gasteiger partial charge in [0.05, 0.1) is 0 Å². The van der Waals surface area contributed by atoms with Crippen molar-refractivity contribution in [2.45, 2.75) is 39.3 Å². The van der Waals surface area contributed by atoms with Crippen LogP contribution in [-0.2, 0) is 6.54 Å². The minimum atomic E-state index is 0.824. The molecule has 0 bridgehead atoms. The Morgan fingerprint density at radius 3 is 2.75 bits per heavy atom. The van der Waals surface area contributed by atoms with Gasteiger partial charge in [0.2, 0.25) is 0 Å². The topological polar surface area (TPSA) is 12.0 Å². The molecule has 0 amide bonds. The van der Waals surface area contributed by atoms with E-state index in [0.29, 0.717) is 0 Å². The molecule has 1 aliphatic carbocycles. The molecule has 1 heterocycles. The third kappa shape index (κ3) is 1.70. The van der Waals surface area contributed by atoms with Crippen LogP contribution in [0.1, 0.15) is 28.8 Å². The molecule has 2 rings (SSSR count). The van der Waals surface area contributed by atoms with E-state index in [2.05, 4.69) is 24.5 Å². The van der Waals surface area contributed by atoms with Gasteiger partial charge in [-0.25, -0.2) is 0 Å². The van der Waals surface area contributed by atoms with Crippen molar-refractivity contribution in [3.05, 3.63) is 21.4 Å². The van der Waals surface area contributed by atoms with Crippen molar-refractivity contribution in [3.8, 4) is 0 Å². The highest BCUT2D eigenvalue weighted by atomic mass is 32.1. The molecule has 0 aromatic carbocycles. The lowest BCUT2D eigenvalue weighted by Crippen LogP contribution is -2.15. The van der Waals surface area contributed by atoms with Crippen LogP contribution in [0, 0.1) is 13.8 Å². The molecule has 1 saturated carbocycles. The van der Waals surface area contributed by atoms with Gasteiger partial charge in [0, 0.05) is 17.5 Å². The summed E-state index contributed by atoms with van der Waals surface area (Å²) in [6, 6.07) is 0.824. The summed E-state index contributed by atoms with van der Waals surface area (Å²) in [4.78, 5) is 1.46. The molecule has 0 saturated heterocycles. The van der Waals surface area contributed by atoms with Crippen molar-refractivity contribution in [1.29, 1.82) is 0 Å². The van der Waals surface area contributed by atoms with Crippen LogP contribution >= 0.6 is 11.3 Å². The molecular weight excluding hydrogens is 166 g/mol. The van der Waals surface area contributed by atoms with E-state index in [9.17, 15) is 0 Å². The molecule has 2 heteroatoms. The van der Waals surface area contributed by atoms with Crippen molar-refractivity contribution in [2.75, 3.05) is 0 Å². The molecule has 0 aliphatic heterocycles. The summed E-state index contributed by atoms with van der Waals surface area (Å²) in [7, 11) is 0. The van der Waals surface area contributed by atoms with Crippen LogP contribution in [0.3, 0.4) is 0 Å². The van der Waals surface area contributed by atoms with Gasteiger partial charge in [0.15, 0.2) is 0 Å². The van der Waals surface area contributed by atoms with Crippen LogP contribution in [0.15, 0.2) is 5.38 Å². The zero-order chi connectivity index (χ0) is 8.55. The zero-order valence-electron chi connectivity index (χ0n) is 7.68. The highest BCUT2D eigenvalue weighted by Gasteiger charge is 2.20. The van der Waals surface area contributed by atoms with E-state index in [1.165, 1.54) is 28.8 Å². The van der Waals surface area contributed by atoms with Crippen molar-refractivity contribution >= 4 is 11.3 Å². The Bertz CT molecular complexity index is 273. The second-order valence-corrected chi connectivity index (χ2v) is 4.68. The largest absolute Gasteiger partial charge is 0.310 e. The number of hydrogen-bond acceptors (Lipinski definition) is 2. The van der Waals surface area contributed by atoms with Crippen molar-refractivity contribution in [3.63, 3.8) is 0 Å². The number of thiophene rings is 1. The second kappa shape index (κ2) is 3.19. The maximum absolute atomic E-state index is 3.53. The fraction of sp³-hybridized carbons (Fsp3) is 0.600. The first-order chi connectivity index (χ1) is 5.77. The summed E-state index contributed by atoms with van der Waals surface area (Å²) in [5.74, 6) is 0. The maximum atomic E-state index is 3.53. The van der Waals surface area contributed by atoms with Crippen molar-refractivity contribution in [1.82, 2.24) is 5.32 Å². The van der Waals surface area contributed by atoms with Crippen molar-refractivity contribution in [2.24, 2.45) is 0 Å². The predicted molar refractivity (Wildman–Crippen MR) is 53.7 cm³/mol. The van der Waals surface area contributed by atoms with E-state index in [1.807, 2.05) is 11.3 Å². The second-order valence-electron chi connectivity index (χ2n) is 3.60. The van der Waals surface area contributed by atoms with E-state index < -0.39 is 0 Å². The van der Waals surface area contributed by atoms with Crippen LogP contribution in [0.4, 0.5) is 0 Å². The smallest absolute Gasteiger partial charge is 0.0219 e. The quantitative estimate of drug-likeness (QED) is 0.756. The Morgan fingerprint density at radius 2 is 2.25 bits per heavy atom. The van der Waals surface area contributed by atoms with E-state index in [-0.39, 0.29) is 0 Å². The number of aryl methyl sites for hydroxylation is 1. The summed E-state index contributed by atoms with van der Waals surface area (Å²) >= 11 is 1.86. The molecule has 0 atom stereocenters. The lowest BCUT2D eigenvalue weighted by molar-refractivity contribution is 0.687. The van der Waals surface area contributed by atoms with Crippen LogP contribution in [0.2, 0.25) is 0 Å². The molecule has 1 nitrogen and oxygen atoms in total. The molecule has 1 aliphatic rings. The van der Waals surface area contributed by atoms with E-state index >= 15 is 0 Å². The van der Waals surface area contributed by atoms with E-state index in [4.69, 9.17) is 0 Å². The van der Waals surface area contributed by atoms with Gasteiger partial charge in [0.25, 0.3) is 0 Å². The van der Waals surface area contributed by atoms with Crippen molar-refractivity contribution < 1.29 is 0 Å². The van der Waals surface area contributed by atoms with Crippen LogP contribution in [0.5, 0.6) is 0 Å². The van der Waals surface area contributed by atoms with Crippen LogP contribution in [-0.4, -0.2) is 6.04 Å². The molecule has 1 fully saturated rings. The van der Waals surface area contributed by atoms with Gasteiger partial charge in [-0.2, -0.15) is 0 Å². The molecule has 1 N–H and O–H groups in total.